The van der Waals surface area contributed by atoms with Gasteiger partial charge < -0.3 is 10.3 Å². The topological polar surface area (TPSA) is 95.2 Å². The van der Waals surface area contributed by atoms with Crippen molar-refractivity contribution in [2.45, 2.75) is 13.5 Å². The van der Waals surface area contributed by atoms with E-state index in [2.05, 4.69) is 55.6 Å². The number of rotatable bonds is 6. The van der Waals surface area contributed by atoms with Crippen molar-refractivity contribution in [3.05, 3.63) is 71.9 Å². The van der Waals surface area contributed by atoms with Crippen molar-refractivity contribution < 1.29 is 4.39 Å². The van der Waals surface area contributed by atoms with Crippen molar-refractivity contribution in [2.24, 2.45) is 0 Å². The van der Waals surface area contributed by atoms with Gasteiger partial charge >= 0.3 is 0 Å². The summed E-state index contributed by atoms with van der Waals surface area (Å²) in [7, 11) is 0. The van der Waals surface area contributed by atoms with Gasteiger partial charge in [0.1, 0.15) is 11.2 Å². The Balaban J connectivity index is 1.44. The van der Waals surface area contributed by atoms with E-state index >= 15 is 0 Å². The predicted molar refractivity (Wildman–Crippen MR) is 133 cm³/mol. The molecule has 7 nitrogen and oxygen atoms in total. The van der Waals surface area contributed by atoms with E-state index in [4.69, 9.17) is 4.98 Å². The fourth-order valence-corrected chi connectivity index (χ4v) is 4.81. The van der Waals surface area contributed by atoms with Gasteiger partial charge in [0.15, 0.2) is 11.0 Å². The van der Waals surface area contributed by atoms with Crippen LogP contribution in [-0.4, -0.2) is 36.7 Å². The Labute approximate surface area is 198 Å². The zero-order valence-corrected chi connectivity index (χ0v) is 19.1. The van der Waals surface area contributed by atoms with Crippen LogP contribution in [0, 0.1) is 5.13 Å². The van der Waals surface area contributed by atoms with Crippen LogP contribution >= 0.6 is 11.3 Å². The van der Waals surface area contributed by atoms with Gasteiger partial charge in [0, 0.05) is 46.5 Å². The first-order valence-electron chi connectivity index (χ1n) is 10.9. The van der Waals surface area contributed by atoms with E-state index in [1.54, 1.807) is 18.5 Å². The van der Waals surface area contributed by atoms with Crippen LogP contribution in [0.5, 0.6) is 0 Å². The number of pyridine rings is 2. The van der Waals surface area contributed by atoms with E-state index < -0.39 is 0 Å². The highest BCUT2D eigenvalue weighted by Gasteiger charge is 2.17. The normalized spacial score (nSPS) is 11.6. The molecule has 0 aliphatic heterocycles. The van der Waals surface area contributed by atoms with E-state index in [1.165, 1.54) is 6.07 Å². The molecule has 34 heavy (non-hydrogen) atoms. The second kappa shape index (κ2) is 8.44. The molecule has 0 amide bonds. The minimum absolute atomic E-state index is 0.238. The minimum Gasteiger partial charge on any atom is -0.335 e. The van der Waals surface area contributed by atoms with Crippen molar-refractivity contribution in [1.82, 2.24) is 35.5 Å². The van der Waals surface area contributed by atoms with Gasteiger partial charge in [0.05, 0.1) is 17.2 Å². The van der Waals surface area contributed by atoms with Crippen molar-refractivity contribution >= 4 is 33.3 Å². The van der Waals surface area contributed by atoms with E-state index in [0.29, 0.717) is 11.5 Å². The number of nitrogens with one attached hydrogen (secondary N) is 3. The van der Waals surface area contributed by atoms with Crippen LogP contribution in [0.15, 0.2) is 61.2 Å². The van der Waals surface area contributed by atoms with E-state index in [-0.39, 0.29) is 5.13 Å². The fourth-order valence-electron chi connectivity index (χ4n) is 4.07. The van der Waals surface area contributed by atoms with Crippen molar-refractivity contribution in [1.29, 1.82) is 0 Å². The number of aromatic amines is 2. The Kier molecular flexibility index (Phi) is 5.12. The van der Waals surface area contributed by atoms with Gasteiger partial charge in [-0.1, -0.05) is 13.0 Å². The summed E-state index contributed by atoms with van der Waals surface area (Å²) in [6.45, 7) is 3.77. The molecular weight excluding hydrogens is 449 g/mol. The van der Waals surface area contributed by atoms with Gasteiger partial charge in [-0.3, -0.25) is 15.1 Å². The van der Waals surface area contributed by atoms with Crippen LogP contribution in [0.4, 0.5) is 4.39 Å². The largest absolute Gasteiger partial charge is 0.335 e. The Bertz CT molecular complexity index is 1630. The molecule has 5 heterocycles. The summed E-state index contributed by atoms with van der Waals surface area (Å²) in [6.07, 6.45) is 7.19. The number of fused-ring (bicyclic) bond motifs is 2. The number of thiophene rings is 1. The molecule has 0 unspecified atom stereocenters. The summed E-state index contributed by atoms with van der Waals surface area (Å²) in [6, 6.07) is 11.5. The highest BCUT2D eigenvalue weighted by molar-refractivity contribution is 7.14. The third-order valence-corrected chi connectivity index (χ3v) is 6.63. The molecule has 0 saturated heterocycles. The molecule has 0 atom stereocenters. The zero-order valence-electron chi connectivity index (χ0n) is 18.3. The molecule has 1 aromatic carbocycles. The monoisotopic (exact) mass is 469 g/mol. The summed E-state index contributed by atoms with van der Waals surface area (Å²) in [5.41, 5.74) is 7.15. The average Bonchev–Trinajstić information content (AvgIpc) is 3.59. The van der Waals surface area contributed by atoms with Crippen LogP contribution in [-0.2, 0) is 6.54 Å². The standard InChI is InChI=1S/C25H20FN7S/c1-2-27-9-14-7-16(11-28-10-14)15-3-4-19-17(8-15)24(33-32-19)25-30-20-13-29-12-18(23(20)31-25)21-5-6-22(26)34-21/h3-8,10-13,27H,2,9H2,1H3,(H,30,31)(H,32,33). The van der Waals surface area contributed by atoms with Crippen LogP contribution in [0.1, 0.15) is 12.5 Å². The lowest BCUT2D eigenvalue weighted by Gasteiger charge is -2.06. The summed E-state index contributed by atoms with van der Waals surface area (Å²) in [4.78, 5) is 17.7. The highest BCUT2D eigenvalue weighted by Crippen LogP contribution is 2.34. The first-order chi connectivity index (χ1) is 16.7. The predicted octanol–water partition coefficient (Wildman–Crippen LogP) is 5.54. The van der Waals surface area contributed by atoms with Crippen LogP contribution in [0.25, 0.3) is 55.0 Å². The number of H-pyrrole nitrogens is 2. The summed E-state index contributed by atoms with van der Waals surface area (Å²) >= 11 is 1.08. The van der Waals surface area contributed by atoms with Gasteiger partial charge in [-0.05, 0) is 48.0 Å². The summed E-state index contributed by atoms with van der Waals surface area (Å²) in [5.74, 6) is 0.628. The zero-order chi connectivity index (χ0) is 23.1. The maximum atomic E-state index is 13.6. The molecule has 0 radical (unpaired) electrons. The maximum Gasteiger partial charge on any atom is 0.176 e. The third kappa shape index (κ3) is 3.64. The van der Waals surface area contributed by atoms with E-state index in [9.17, 15) is 4.39 Å². The molecule has 3 N–H and O–H groups in total. The number of benzene rings is 1. The molecule has 0 fully saturated rings. The van der Waals surface area contributed by atoms with Crippen LogP contribution < -0.4 is 5.32 Å². The molecule has 0 saturated carbocycles. The van der Waals surface area contributed by atoms with E-state index in [0.717, 1.165) is 73.5 Å². The quantitative estimate of drug-likeness (QED) is 0.298. The molecule has 6 rings (SSSR count). The van der Waals surface area contributed by atoms with Crippen molar-refractivity contribution in [3.63, 3.8) is 0 Å². The second-order valence-electron chi connectivity index (χ2n) is 7.97. The van der Waals surface area contributed by atoms with E-state index in [1.807, 2.05) is 18.5 Å². The van der Waals surface area contributed by atoms with Gasteiger partial charge in [0.2, 0.25) is 0 Å². The molecule has 0 aliphatic carbocycles. The summed E-state index contributed by atoms with van der Waals surface area (Å²) in [5, 5.41) is 11.7. The van der Waals surface area contributed by atoms with Gasteiger partial charge in [-0.15, -0.1) is 11.3 Å². The molecule has 0 aliphatic rings. The van der Waals surface area contributed by atoms with Crippen molar-refractivity contribution in [3.8, 4) is 33.1 Å². The molecular formula is C25H20FN7S. The molecule has 0 spiro atoms. The lowest BCUT2D eigenvalue weighted by Crippen LogP contribution is -2.11. The smallest absolute Gasteiger partial charge is 0.176 e. The Morgan fingerprint density at radius 1 is 0.971 bits per heavy atom. The van der Waals surface area contributed by atoms with Crippen molar-refractivity contribution in [2.75, 3.05) is 6.54 Å². The number of nitrogens with zero attached hydrogens (tertiary/aromatic N) is 4. The lowest BCUT2D eigenvalue weighted by atomic mass is 10.0. The minimum atomic E-state index is -0.238. The first-order valence-corrected chi connectivity index (χ1v) is 11.7. The number of imidazole rings is 1. The molecule has 9 heteroatoms. The molecule has 5 aromatic heterocycles. The molecule has 168 valence electrons. The lowest BCUT2D eigenvalue weighted by molar-refractivity contribution is 0.657. The molecule has 6 aromatic rings. The second-order valence-corrected chi connectivity index (χ2v) is 9.00. The number of aromatic nitrogens is 6. The molecule has 0 bridgehead atoms. The number of hydrogen-bond donors (Lipinski definition) is 3. The summed E-state index contributed by atoms with van der Waals surface area (Å²) < 4.78 is 13.6. The van der Waals surface area contributed by atoms with Gasteiger partial charge in [-0.2, -0.15) is 9.49 Å². The maximum absolute atomic E-state index is 13.6. The Morgan fingerprint density at radius 2 is 1.88 bits per heavy atom. The van der Waals surface area contributed by atoms with Crippen LogP contribution in [0.3, 0.4) is 0 Å². The number of halogens is 1. The first kappa shape index (κ1) is 20.6. The van der Waals surface area contributed by atoms with Gasteiger partial charge in [0.25, 0.3) is 0 Å². The Morgan fingerprint density at radius 3 is 2.74 bits per heavy atom. The third-order valence-electron chi connectivity index (χ3n) is 5.73. The van der Waals surface area contributed by atoms with Gasteiger partial charge in [-0.25, -0.2) is 4.98 Å². The SMILES string of the molecule is CCNCc1cncc(-c2ccc3[nH]nc(-c4nc5c(-c6ccc(F)s6)cncc5[nH]4)c3c2)c1. The fraction of sp³-hybridized carbons (Fsp3) is 0.120. The van der Waals surface area contributed by atoms with Crippen LogP contribution in [0.2, 0.25) is 0 Å². The highest BCUT2D eigenvalue weighted by atomic mass is 32.1. The average molecular weight is 470 g/mol. The Hall–Kier alpha value is -3.95. The number of hydrogen-bond acceptors (Lipinski definition) is 6.